The highest BCUT2D eigenvalue weighted by molar-refractivity contribution is 7.92. The first kappa shape index (κ1) is 29.0. The van der Waals surface area contributed by atoms with E-state index in [1.807, 2.05) is 38.1 Å². The van der Waals surface area contributed by atoms with Gasteiger partial charge < -0.3 is 19.7 Å². The predicted molar refractivity (Wildman–Crippen MR) is 141 cm³/mol. The molecule has 36 heavy (non-hydrogen) atoms. The Labute approximate surface area is 214 Å². The van der Waals surface area contributed by atoms with Gasteiger partial charge in [0.1, 0.15) is 17.5 Å². The van der Waals surface area contributed by atoms with Gasteiger partial charge >= 0.3 is 0 Å². The van der Waals surface area contributed by atoms with E-state index in [9.17, 15) is 18.0 Å². The minimum absolute atomic E-state index is 0.0854. The first-order valence-corrected chi connectivity index (χ1v) is 13.8. The number of hydrogen-bond donors (Lipinski definition) is 1. The fourth-order valence-corrected chi connectivity index (χ4v) is 4.87. The average Bonchev–Trinajstić information content (AvgIpc) is 2.86. The summed E-state index contributed by atoms with van der Waals surface area (Å²) >= 11 is 0. The summed E-state index contributed by atoms with van der Waals surface area (Å²) in [5, 5.41) is 2.81. The van der Waals surface area contributed by atoms with Crippen LogP contribution in [-0.4, -0.2) is 64.7 Å². The monoisotopic (exact) mass is 519 g/mol. The molecule has 2 aromatic rings. The van der Waals surface area contributed by atoms with Gasteiger partial charge in [0.15, 0.2) is 0 Å². The van der Waals surface area contributed by atoms with Crippen LogP contribution in [0.15, 0.2) is 48.5 Å². The van der Waals surface area contributed by atoms with E-state index in [1.165, 1.54) is 11.4 Å². The predicted octanol–water partition coefficient (Wildman–Crippen LogP) is 3.19. The van der Waals surface area contributed by atoms with Gasteiger partial charge in [0, 0.05) is 32.1 Å². The summed E-state index contributed by atoms with van der Waals surface area (Å²) in [5.74, 6) is 0.806. The highest BCUT2D eigenvalue weighted by atomic mass is 32.2. The van der Waals surface area contributed by atoms with E-state index >= 15 is 0 Å². The van der Waals surface area contributed by atoms with E-state index < -0.39 is 16.1 Å². The van der Waals surface area contributed by atoms with E-state index in [0.717, 1.165) is 11.8 Å². The Morgan fingerprint density at radius 3 is 2.22 bits per heavy atom. The molecule has 0 radical (unpaired) electrons. The number of methoxy groups -OCH3 is 2. The lowest BCUT2D eigenvalue weighted by Gasteiger charge is -2.31. The van der Waals surface area contributed by atoms with Gasteiger partial charge in [0.05, 0.1) is 26.2 Å². The lowest BCUT2D eigenvalue weighted by atomic mass is 10.1. The fraction of sp³-hybridized carbons (Fsp3) is 0.462. The molecule has 9 nitrogen and oxygen atoms in total. The third-order valence-corrected chi connectivity index (χ3v) is 6.94. The van der Waals surface area contributed by atoms with Crippen molar-refractivity contribution in [2.45, 2.75) is 45.7 Å². The molecule has 0 unspecified atom stereocenters. The number of hydrogen-bond acceptors (Lipinski definition) is 6. The van der Waals surface area contributed by atoms with Crippen LogP contribution in [0.25, 0.3) is 0 Å². The fourth-order valence-electron chi connectivity index (χ4n) is 3.91. The maximum Gasteiger partial charge on any atom is 0.242 e. The van der Waals surface area contributed by atoms with E-state index in [0.29, 0.717) is 30.2 Å². The van der Waals surface area contributed by atoms with Crippen molar-refractivity contribution in [3.8, 4) is 11.5 Å². The number of amides is 2. The summed E-state index contributed by atoms with van der Waals surface area (Å²) in [4.78, 5) is 27.7. The minimum atomic E-state index is -3.58. The summed E-state index contributed by atoms with van der Waals surface area (Å²) in [5.41, 5.74) is 1.33. The standard InChI is InChI=1S/C26H37N3O6S/c1-6-24(26(31)27-7-2)28(19-20-13-15-22(34-3)16-14-20)25(30)12-9-17-29(36(5,32)33)21-10-8-11-23(18-21)35-4/h8,10-11,13-16,18,24H,6-7,9,12,17,19H2,1-5H3,(H,27,31)/t24-/m0/s1. The molecule has 0 aliphatic rings. The van der Waals surface area contributed by atoms with Crippen LogP contribution in [0.4, 0.5) is 5.69 Å². The zero-order chi connectivity index (χ0) is 26.7. The van der Waals surface area contributed by atoms with Crippen molar-refractivity contribution in [2.75, 3.05) is 37.9 Å². The van der Waals surface area contributed by atoms with Gasteiger partial charge in [-0.1, -0.05) is 25.1 Å². The highest BCUT2D eigenvalue weighted by Crippen LogP contribution is 2.24. The molecule has 0 aliphatic heterocycles. The minimum Gasteiger partial charge on any atom is -0.497 e. The van der Waals surface area contributed by atoms with Gasteiger partial charge in [0.2, 0.25) is 21.8 Å². The number of likely N-dealkylation sites (N-methyl/N-ethyl adjacent to an activating group) is 1. The molecule has 0 spiro atoms. The molecular formula is C26H37N3O6S. The zero-order valence-corrected chi connectivity index (χ0v) is 22.5. The number of ether oxygens (including phenoxy) is 2. The van der Waals surface area contributed by atoms with Gasteiger partial charge in [-0.2, -0.15) is 0 Å². The molecule has 2 aromatic carbocycles. The van der Waals surface area contributed by atoms with Crippen molar-refractivity contribution in [1.82, 2.24) is 10.2 Å². The molecule has 198 valence electrons. The molecule has 0 aliphatic carbocycles. The smallest absolute Gasteiger partial charge is 0.242 e. The molecule has 0 heterocycles. The lowest BCUT2D eigenvalue weighted by molar-refractivity contribution is -0.141. The molecule has 1 N–H and O–H groups in total. The quantitative estimate of drug-likeness (QED) is 0.411. The topological polar surface area (TPSA) is 105 Å². The molecule has 2 amide bonds. The van der Waals surface area contributed by atoms with Crippen LogP contribution in [0.5, 0.6) is 11.5 Å². The Kier molecular flexibility index (Phi) is 11.0. The van der Waals surface area contributed by atoms with Crippen molar-refractivity contribution in [3.05, 3.63) is 54.1 Å². The van der Waals surface area contributed by atoms with Crippen molar-refractivity contribution in [1.29, 1.82) is 0 Å². The zero-order valence-electron chi connectivity index (χ0n) is 21.7. The van der Waals surface area contributed by atoms with Crippen molar-refractivity contribution >= 4 is 27.5 Å². The third kappa shape index (κ3) is 8.15. The van der Waals surface area contributed by atoms with E-state index in [-0.39, 0.29) is 37.7 Å². The molecular weight excluding hydrogens is 482 g/mol. The Balaban J connectivity index is 2.21. The van der Waals surface area contributed by atoms with Crippen molar-refractivity contribution in [3.63, 3.8) is 0 Å². The molecule has 0 fully saturated rings. The molecule has 0 bridgehead atoms. The van der Waals surface area contributed by atoms with Gasteiger partial charge in [-0.25, -0.2) is 8.42 Å². The van der Waals surface area contributed by atoms with Crippen LogP contribution in [0.2, 0.25) is 0 Å². The summed E-state index contributed by atoms with van der Waals surface area (Å²) in [6.45, 7) is 4.53. The van der Waals surface area contributed by atoms with Gasteiger partial charge in [-0.05, 0) is 49.6 Å². The number of nitrogens with zero attached hydrogens (tertiary/aromatic N) is 2. The second-order valence-electron chi connectivity index (χ2n) is 8.33. The molecule has 0 saturated carbocycles. The first-order chi connectivity index (χ1) is 17.1. The number of rotatable bonds is 14. The first-order valence-electron chi connectivity index (χ1n) is 12.0. The van der Waals surface area contributed by atoms with Crippen LogP contribution in [-0.2, 0) is 26.2 Å². The largest absolute Gasteiger partial charge is 0.497 e. The van der Waals surface area contributed by atoms with Crippen LogP contribution < -0.4 is 19.1 Å². The highest BCUT2D eigenvalue weighted by Gasteiger charge is 2.28. The van der Waals surface area contributed by atoms with Gasteiger partial charge in [-0.3, -0.25) is 13.9 Å². The number of carbonyl (C=O) groups is 2. The SMILES string of the molecule is CCNC(=O)[C@H](CC)N(Cc1ccc(OC)cc1)C(=O)CCCN(c1cccc(OC)c1)S(C)(=O)=O. The van der Waals surface area contributed by atoms with Gasteiger partial charge in [0.25, 0.3) is 0 Å². The van der Waals surface area contributed by atoms with Crippen LogP contribution in [0.3, 0.4) is 0 Å². The van der Waals surface area contributed by atoms with E-state index in [1.54, 1.807) is 36.3 Å². The summed E-state index contributed by atoms with van der Waals surface area (Å²) in [7, 11) is -0.487. The van der Waals surface area contributed by atoms with Crippen LogP contribution in [0.1, 0.15) is 38.7 Å². The Bertz CT molecular complexity index is 1100. The second kappa shape index (κ2) is 13.7. The summed E-state index contributed by atoms with van der Waals surface area (Å²) < 4.78 is 36.6. The lowest BCUT2D eigenvalue weighted by Crippen LogP contribution is -2.49. The number of benzene rings is 2. The Morgan fingerprint density at radius 2 is 1.67 bits per heavy atom. The number of carbonyl (C=O) groups excluding carboxylic acids is 2. The molecule has 0 saturated heterocycles. The molecule has 2 rings (SSSR count). The Hall–Kier alpha value is -3.27. The normalized spacial score (nSPS) is 11.9. The molecule has 1 atom stereocenters. The van der Waals surface area contributed by atoms with Crippen LogP contribution >= 0.6 is 0 Å². The van der Waals surface area contributed by atoms with E-state index in [2.05, 4.69) is 5.32 Å². The molecule has 10 heteroatoms. The van der Waals surface area contributed by atoms with E-state index in [4.69, 9.17) is 9.47 Å². The summed E-state index contributed by atoms with van der Waals surface area (Å²) in [6.07, 6.45) is 1.95. The Morgan fingerprint density at radius 1 is 1.00 bits per heavy atom. The maximum atomic E-state index is 13.4. The molecule has 0 aromatic heterocycles. The second-order valence-corrected chi connectivity index (χ2v) is 10.2. The van der Waals surface area contributed by atoms with Gasteiger partial charge in [-0.15, -0.1) is 0 Å². The number of sulfonamides is 1. The summed E-state index contributed by atoms with van der Waals surface area (Å²) in [6, 6.07) is 13.5. The maximum absolute atomic E-state index is 13.4. The number of nitrogens with one attached hydrogen (secondary N) is 1. The van der Waals surface area contributed by atoms with Crippen molar-refractivity contribution in [2.24, 2.45) is 0 Å². The third-order valence-electron chi connectivity index (χ3n) is 5.74. The van der Waals surface area contributed by atoms with Crippen LogP contribution in [0, 0.1) is 0 Å². The van der Waals surface area contributed by atoms with Crippen molar-refractivity contribution < 1.29 is 27.5 Å². The number of anilines is 1. The average molecular weight is 520 g/mol.